The molecule has 0 fully saturated rings. The van der Waals surface area contributed by atoms with E-state index in [-0.39, 0.29) is 0 Å². The van der Waals surface area contributed by atoms with E-state index in [1.54, 1.807) is 0 Å². The summed E-state index contributed by atoms with van der Waals surface area (Å²) in [7, 11) is 0. The van der Waals surface area contributed by atoms with Gasteiger partial charge in [-0.05, 0) is 17.9 Å². The lowest BCUT2D eigenvalue weighted by atomic mass is 10.3. The molecule has 0 saturated heterocycles. The van der Waals surface area contributed by atoms with Gasteiger partial charge in [-0.3, -0.25) is 4.40 Å². The van der Waals surface area contributed by atoms with E-state index in [0.717, 1.165) is 18.0 Å². The first kappa shape index (κ1) is 12.6. The minimum absolute atomic E-state index is 0.455. The first-order valence-electron chi connectivity index (χ1n) is 4.84. The summed E-state index contributed by atoms with van der Waals surface area (Å²) in [6, 6.07) is 2.37. The molecule has 0 aliphatic rings. The fourth-order valence-electron chi connectivity index (χ4n) is 1.45. The third-order valence-electron chi connectivity index (χ3n) is 2.17. The summed E-state index contributed by atoms with van der Waals surface area (Å²) in [6.45, 7) is 1.92. The number of thiol groups is 1. The van der Waals surface area contributed by atoms with E-state index >= 15 is 0 Å². The van der Waals surface area contributed by atoms with Crippen LogP contribution in [0.2, 0.25) is 0 Å². The minimum Gasteiger partial charge on any atom is -0.293 e. The van der Waals surface area contributed by atoms with Crippen LogP contribution in [0.15, 0.2) is 28.4 Å². The lowest BCUT2D eigenvalue weighted by Gasteiger charge is -2.07. The highest BCUT2D eigenvalue weighted by Gasteiger charge is 2.31. The second-order valence-electron chi connectivity index (χ2n) is 3.32. The Hall–Kier alpha value is -0.820. The number of hydrogen-bond donors (Lipinski definition) is 1. The van der Waals surface area contributed by atoms with Gasteiger partial charge < -0.3 is 0 Å². The third kappa shape index (κ3) is 2.40. The molecule has 2 aromatic rings. The number of hydrogen-bond acceptors (Lipinski definition) is 3. The fourth-order valence-corrected chi connectivity index (χ4v) is 2.59. The Bertz CT molecular complexity index is 548. The molecule has 0 unspecified atom stereocenters. The standard InChI is InChI=1S/C10H9F3N2S2/c1-2-17-9-8(16)14-7-4-3-6(5-15(7)9)10(11,12)13/h3-5,16H,2H2,1H3. The van der Waals surface area contributed by atoms with Crippen LogP contribution in [0.1, 0.15) is 12.5 Å². The summed E-state index contributed by atoms with van der Waals surface area (Å²) in [5.41, 5.74) is -0.215. The monoisotopic (exact) mass is 278 g/mol. The summed E-state index contributed by atoms with van der Waals surface area (Å²) in [6.07, 6.45) is -3.29. The Morgan fingerprint density at radius 2 is 2.12 bits per heavy atom. The van der Waals surface area contributed by atoms with Crippen LogP contribution in [0.4, 0.5) is 13.2 Å². The van der Waals surface area contributed by atoms with E-state index in [1.807, 2.05) is 6.92 Å². The minimum atomic E-state index is -4.34. The highest BCUT2D eigenvalue weighted by molar-refractivity contribution is 7.99. The van der Waals surface area contributed by atoms with Crippen molar-refractivity contribution in [2.75, 3.05) is 5.75 Å². The molecule has 2 nitrogen and oxygen atoms in total. The van der Waals surface area contributed by atoms with Crippen LogP contribution in [0.25, 0.3) is 5.65 Å². The molecule has 92 valence electrons. The van der Waals surface area contributed by atoms with Gasteiger partial charge in [-0.25, -0.2) is 4.98 Å². The lowest BCUT2D eigenvalue weighted by Crippen LogP contribution is -2.06. The molecule has 2 rings (SSSR count). The zero-order chi connectivity index (χ0) is 12.6. The molecule has 0 amide bonds. The number of halogens is 3. The van der Waals surface area contributed by atoms with E-state index < -0.39 is 11.7 Å². The second kappa shape index (κ2) is 4.45. The molecule has 2 heterocycles. The van der Waals surface area contributed by atoms with Crippen LogP contribution < -0.4 is 0 Å². The van der Waals surface area contributed by atoms with Gasteiger partial charge in [0.25, 0.3) is 0 Å². The van der Waals surface area contributed by atoms with Gasteiger partial charge in [0.15, 0.2) is 0 Å². The van der Waals surface area contributed by atoms with Crippen LogP contribution in [-0.4, -0.2) is 15.1 Å². The molecule has 0 bridgehead atoms. The van der Waals surface area contributed by atoms with Gasteiger partial charge in [0, 0.05) is 6.20 Å². The summed E-state index contributed by atoms with van der Waals surface area (Å²) < 4.78 is 39.2. The van der Waals surface area contributed by atoms with E-state index in [0.29, 0.717) is 15.7 Å². The van der Waals surface area contributed by atoms with Crippen molar-refractivity contribution in [3.63, 3.8) is 0 Å². The van der Waals surface area contributed by atoms with Crippen molar-refractivity contribution in [3.8, 4) is 0 Å². The second-order valence-corrected chi connectivity index (χ2v) is 4.99. The normalized spacial score (nSPS) is 12.3. The van der Waals surface area contributed by atoms with Crippen LogP contribution in [0, 0.1) is 0 Å². The van der Waals surface area contributed by atoms with Crippen LogP contribution >= 0.6 is 24.4 Å². The zero-order valence-corrected chi connectivity index (χ0v) is 10.5. The maximum atomic E-state index is 12.6. The van der Waals surface area contributed by atoms with E-state index in [9.17, 15) is 13.2 Å². The average molecular weight is 278 g/mol. The van der Waals surface area contributed by atoms with Crippen molar-refractivity contribution in [2.45, 2.75) is 23.2 Å². The highest BCUT2D eigenvalue weighted by Crippen LogP contribution is 2.32. The van der Waals surface area contributed by atoms with E-state index in [4.69, 9.17) is 0 Å². The summed E-state index contributed by atoms with van der Waals surface area (Å²) >= 11 is 5.58. The number of rotatable bonds is 2. The number of thioether (sulfide) groups is 1. The molecule has 0 aliphatic carbocycles. The predicted octanol–water partition coefficient (Wildman–Crippen LogP) is 3.75. The van der Waals surface area contributed by atoms with Gasteiger partial charge in [-0.1, -0.05) is 6.92 Å². The molecule has 0 saturated carbocycles. The van der Waals surface area contributed by atoms with Crippen molar-refractivity contribution < 1.29 is 13.2 Å². The van der Waals surface area contributed by atoms with Gasteiger partial charge in [0.05, 0.1) is 5.56 Å². The predicted molar refractivity (Wildman–Crippen MR) is 63.8 cm³/mol. The third-order valence-corrected chi connectivity index (χ3v) is 3.58. The Morgan fingerprint density at radius 1 is 1.41 bits per heavy atom. The molecule has 7 heteroatoms. The van der Waals surface area contributed by atoms with Crippen LogP contribution in [0.3, 0.4) is 0 Å². The van der Waals surface area contributed by atoms with Crippen molar-refractivity contribution in [3.05, 3.63) is 23.9 Å². The van der Waals surface area contributed by atoms with Crippen molar-refractivity contribution >= 4 is 30.0 Å². The molecule has 2 aromatic heterocycles. The van der Waals surface area contributed by atoms with Crippen LogP contribution in [0.5, 0.6) is 0 Å². The summed E-state index contributed by atoms with van der Waals surface area (Å²) in [5.74, 6) is 0.748. The Balaban J connectivity index is 2.62. The average Bonchev–Trinajstić information content (AvgIpc) is 2.54. The fraction of sp³-hybridized carbons (Fsp3) is 0.300. The molecule has 0 spiro atoms. The number of alkyl halides is 3. The van der Waals surface area contributed by atoms with Crippen molar-refractivity contribution in [1.82, 2.24) is 9.38 Å². The Labute approximate surface area is 106 Å². The van der Waals surface area contributed by atoms with Gasteiger partial charge >= 0.3 is 6.18 Å². The van der Waals surface area contributed by atoms with E-state index in [2.05, 4.69) is 17.6 Å². The number of aromatic nitrogens is 2. The molecular weight excluding hydrogens is 269 g/mol. The SMILES string of the molecule is CCSc1c(S)nc2ccc(C(F)(F)F)cn12. The number of pyridine rings is 1. The van der Waals surface area contributed by atoms with Gasteiger partial charge in [-0.15, -0.1) is 24.4 Å². The molecule has 0 N–H and O–H groups in total. The zero-order valence-electron chi connectivity index (χ0n) is 8.82. The first-order valence-corrected chi connectivity index (χ1v) is 6.28. The molecule has 0 radical (unpaired) electrons. The topological polar surface area (TPSA) is 17.3 Å². The smallest absolute Gasteiger partial charge is 0.293 e. The maximum Gasteiger partial charge on any atom is 0.417 e. The van der Waals surface area contributed by atoms with Gasteiger partial charge in [0.2, 0.25) is 0 Å². The maximum absolute atomic E-state index is 12.6. The van der Waals surface area contributed by atoms with Gasteiger partial charge in [-0.2, -0.15) is 13.2 Å². The van der Waals surface area contributed by atoms with Gasteiger partial charge in [0.1, 0.15) is 15.7 Å². The molecule has 0 atom stereocenters. The quantitative estimate of drug-likeness (QED) is 0.665. The Morgan fingerprint density at radius 3 is 2.71 bits per heavy atom. The summed E-state index contributed by atoms with van der Waals surface area (Å²) in [5, 5.41) is 1.09. The largest absolute Gasteiger partial charge is 0.417 e. The molecule has 0 aliphatic heterocycles. The molecule has 0 aromatic carbocycles. The Kier molecular flexibility index (Phi) is 3.31. The van der Waals surface area contributed by atoms with Crippen LogP contribution in [-0.2, 0) is 6.18 Å². The number of fused-ring (bicyclic) bond motifs is 1. The molecular formula is C10H9F3N2S2. The molecule has 17 heavy (non-hydrogen) atoms. The summed E-state index contributed by atoms with van der Waals surface area (Å²) in [4.78, 5) is 4.09. The van der Waals surface area contributed by atoms with E-state index in [1.165, 1.54) is 22.2 Å². The highest BCUT2D eigenvalue weighted by atomic mass is 32.2. The van der Waals surface area contributed by atoms with Crippen molar-refractivity contribution in [1.29, 1.82) is 0 Å². The lowest BCUT2D eigenvalue weighted by molar-refractivity contribution is -0.137. The first-order chi connectivity index (χ1) is 7.93. The number of imidazole rings is 1. The number of nitrogens with zero attached hydrogens (tertiary/aromatic N) is 2. The van der Waals surface area contributed by atoms with Crippen molar-refractivity contribution in [2.24, 2.45) is 0 Å².